The third-order valence-electron chi connectivity index (χ3n) is 5.20. The highest BCUT2D eigenvalue weighted by Crippen LogP contribution is 2.28. The first-order valence-electron chi connectivity index (χ1n) is 10.0. The summed E-state index contributed by atoms with van der Waals surface area (Å²) in [5, 5.41) is 1.34. The molecule has 3 aromatic rings. The summed E-state index contributed by atoms with van der Waals surface area (Å²) in [6.45, 7) is 3.24. The number of hydrogen-bond donors (Lipinski definition) is 0. The first kappa shape index (κ1) is 22.9. The van der Waals surface area contributed by atoms with Crippen LogP contribution in [-0.4, -0.2) is 41.9 Å². The number of piperazine rings is 1. The average molecular weight is 498 g/mol. The number of benzene rings is 2. The molecule has 9 heteroatoms. The van der Waals surface area contributed by atoms with Gasteiger partial charge >= 0.3 is 0 Å². The zero-order chi connectivity index (χ0) is 22.7. The van der Waals surface area contributed by atoms with Gasteiger partial charge in [0.2, 0.25) is 0 Å². The fourth-order valence-electron chi connectivity index (χ4n) is 3.47. The maximum absolute atomic E-state index is 13.2. The van der Waals surface area contributed by atoms with Gasteiger partial charge in [-0.3, -0.25) is 9.69 Å². The van der Waals surface area contributed by atoms with Gasteiger partial charge in [-0.25, -0.2) is 4.39 Å². The summed E-state index contributed by atoms with van der Waals surface area (Å²) in [5.41, 5.74) is 0.865. The summed E-state index contributed by atoms with van der Waals surface area (Å²) in [4.78, 5) is 16.7. The largest absolute Gasteiger partial charge is 0.484 e. The number of ether oxygens (including phenoxy) is 1. The van der Waals surface area contributed by atoms with E-state index in [9.17, 15) is 9.18 Å². The van der Waals surface area contributed by atoms with E-state index in [4.69, 9.17) is 44.0 Å². The van der Waals surface area contributed by atoms with Crippen LogP contribution < -0.4 is 4.74 Å². The number of hydrogen-bond acceptors (Lipinski definition) is 4. The van der Waals surface area contributed by atoms with Crippen LogP contribution in [0, 0.1) is 5.82 Å². The molecule has 0 unspecified atom stereocenters. The van der Waals surface area contributed by atoms with Gasteiger partial charge in [-0.05, 0) is 48.0 Å². The number of halogens is 4. The van der Waals surface area contributed by atoms with Crippen molar-refractivity contribution in [3.05, 3.63) is 86.5 Å². The Morgan fingerprint density at radius 2 is 1.75 bits per heavy atom. The highest BCUT2D eigenvalue weighted by atomic mass is 35.5. The van der Waals surface area contributed by atoms with Gasteiger partial charge in [0.05, 0.1) is 5.02 Å². The molecule has 0 N–H and O–H groups in total. The van der Waals surface area contributed by atoms with Crippen LogP contribution in [0.5, 0.6) is 5.75 Å². The Bertz CT molecular complexity index is 1110. The number of amides is 1. The van der Waals surface area contributed by atoms with Gasteiger partial charge in [0.1, 0.15) is 23.9 Å². The van der Waals surface area contributed by atoms with Gasteiger partial charge in [0.25, 0.3) is 5.91 Å². The fraction of sp³-hybridized carbons (Fsp3) is 0.261. The van der Waals surface area contributed by atoms with Crippen molar-refractivity contribution in [1.29, 1.82) is 0 Å². The lowest BCUT2D eigenvalue weighted by Gasteiger charge is -2.34. The molecule has 0 radical (unpaired) electrons. The number of rotatable bonds is 6. The molecule has 0 spiro atoms. The molecule has 1 saturated heterocycles. The molecule has 1 amide bonds. The first-order chi connectivity index (χ1) is 15.4. The SMILES string of the molecule is O=C(c1ccc(COc2ccc(Cl)cc2Cl)o1)N1CCN(Cc2ccc(F)cc2Cl)CC1. The van der Waals surface area contributed by atoms with E-state index in [0.29, 0.717) is 59.3 Å². The zero-order valence-corrected chi connectivity index (χ0v) is 19.3. The molecular weight excluding hydrogens is 478 g/mol. The van der Waals surface area contributed by atoms with Crippen LogP contribution >= 0.6 is 34.8 Å². The zero-order valence-electron chi connectivity index (χ0n) is 17.0. The van der Waals surface area contributed by atoms with Crippen LogP contribution in [0.4, 0.5) is 4.39 Å². The number of carbonyl (C=O) groups excluding carboxylic acids is 1. The van der Waals surface area contributed by atoms with E-state index in [1.54, 1.807) is 41.3 Å². The van der Waals surface area contributed by atoms with E-state index in [1.807, 2.05) is 0 Å². The lowest BCUT2D eigenvalue weighted by atomic mass is 10.2. The molecule has 32 heavy (non-hydrogen) atoms. The van der Waals surface area contributed by atoms with Crippen LogP contribution in [0.3, 0.4) is 0 Å². The Morgan fingerprint density at radius 3 is 2.47 bits per heavy atom. The van der Waals surface area contributed by atoms with Crippen molar-refractivity contribution in [2.24, 2.45) is 0 Å². The lowest BCUT2D eigenvalue weighted by molar-refractivity contribution is 0.0594. The normalized spacial score (nSPS) is 14.6. The molecule has 1 fully saturated rings. The monoisotopic (exact) mass is 496 g/mol. The molecule has 1 aliphatic rings. The Morgan fingerprint density at radius 1 is 0.969 bits per heavy atom. The van der Waals surface area contributed by atoms with Gasteiger partial charge in [-0.2, -0.15) is 0 Å². The number of nitrogens with zero attached hydrogens (tertiary/aromatic N) is 2. The van der Waals surface area contributed by atoms with Crippen LogP contribution in [0.2, 0.25) is 15.1 Å². The lowest BCUT2D eigenvalue weighted by Crippen LogP contribution is -2.48. The summed E-state index contributed by atoms with van der Waals surface area (Å²) >= 11 is 18.1. The minimum absolute atomic E-state index is 0.140. The van der Waals surface area contributed by atoms with Crippen molar-refractivity contribution in [2.75, 3.05) is 26.2 Å². The van der Waals surface area contributed by atoms with Crippen molar-refractivity contribution in [2.45, 2.75) is 13.2 Å². The van der Waals surface area contributed by atoms with Gasteiger partial charge in [-0.1, -0.05) is 40.9 Å². The van der Waals surface area contributed by atoms with Crippen molar-refractivity contribution in [1.82, 2.24) is 9.80 Å². The molecule has 0 aliphatic carbocycles. The average Bonchev–Trinajstić information content (AvgIpc) is 3.24. The van der Waals surface area contributed by atoms with E-state index in [2.05, 4.69) is 4.90 Å². The topological polar surface area (TPSA) is 45.9 Å². The molecule has 0 bridgehead atoms. The first-order valence-corrected chi connectivity index (χ1v) is 11.1. The van der Waals surface area contributed by atoms with E-state index in [1.165, 1.54) is 12.1 Å². The molecule has 0 atom stereocenters. The smallest absolute Gasteiger partial charge is 0.289 e. The Hall–Kier alpha value is -2.25. The van der Waals surface area contributed by atoms with Crippen LogP contribution in [0.15, 0.2) is 52.9 Å². The molecule has 1 aliphatic heterocycles. The Labute approximate surface area is 200 Å². The minimum atomic E-state index is -0.353. The maximum atomic E-state index is 13.2. The van der Waals surface area contributed by atoms with Gasteiger partial charge in [0.15, 0.2) is 5.76 Å². The molecule has 168 valence electrons. The quantitative estimate of drug-likeness (QED) is 0.424. The molecule has 5 nitrogen and oxygen atoms in total. The van der Waals surface area contributed by atoms with E-state index in [-0.39, 0.29) is 24.1 Å². The maximum Gasteiger partial charge on any atom is 0.289 e. The fourth-order valence-corrected chi connectivity index (χ4v) is 4.16. The van der Waals surface area contributed by atoms with Gasteiger partial charge in [-0.15, -0.1) is 0 Å². The molecule has 4 rings (SSSR count). The standard InChI is InChI=1S/C23H20Cl3FN2O3/c24-16-2-5-21(20(26)11-16)31-14-18-4-6-22(32-18)23(30)29-9-7-28(8-10-29)13-15-1-3-17(27)12-19(15)25/h1-6,11-12H,7-10,13-14H2. The van der Waals surface area contributed by atoms with Crippen molar-refractivity contribution in [3.63, 3.8) is 0 Å². The third-order valence-corrected chi connectivity index (χ3v) is 6.09. The molecular formula is C23H20Cl3FN2O3. The second-order valence-corrected chi connectivity index (χ2v) is 8.68. The molecule has 2 heterocycles. The summed E-state index contributed by atoms with van der Waals surface area (Å²) in [7, 11) is 0. The van der Waals surface area contributed by atoms with Crippen molar-refractivity contribution < 1.29 is 18.3 Å². The van der Waals surface area contributed by atoms with Gasteiger partial charge < -0.3 is 14.1 Å². The third kappa shape index (κ3) is 5.56. The predicted molar refractivity (Wildman–Crippen MR) is 122 cm³/mol. The number of furan rings is 1. The second-order valence-electron chi connectivity index (χ2n) is 7.43. The Kier molecular flexibility index (Phi) is 7.26. The summed E-state index contributed by atoms with van der Waals surface area (Å²) in [6.07, 6.45) is 0. The highest BCUT2D eigenvalue weighted by molar-refractivity contribution is 6.35. The summed E-state index contributed by atoms with van der Waals surface area (Å²) < 4.78 is 24.6. The van der Waals surface area contributed by atoms with Crippen LogP contribution in [0.1, 0.15) is 21.9 Å². The minimum Gasteiger partial charge on any atom is -0.484 e. The molecule has 1 aromatic heterocycles. The summed E-state index contributed by atoms with van der Waals surface area (Å²) in [6, 6.07) is 12.7. The van der Waals surface area contributed by atoms with Gasteiger partial charge in [0, 0.05) is 42.8 Å². The second kappa shape index (κ2) is 10.1. The van der Waals surface area contributed by atoms with Crippen molar-refractivity contribution >= 4 is 40.7 Å². The molecule has 0 saturated carbocycles. The van der Waals surface area contributed by atoms with Crippen molar-refractivity contribution in [3.8, 4) is 5.75 Å². The predicted octanol–water partition coefficient (Wildman–Crippen LogP) is 5.92. The highest BCUT2D eigenvalue weighted by Gasteiger charge is 2.24. The van der Waals surface area contributed by atoms with E-state index in [0.717, 1.165) is 5.56 Å². The van der Waals surface area contributed by atoms with E-state index < -0.39 is 0 Å². The van der Waals surface area contributed by atoms with Crippen LogP contribution in [-0.2, 0) is 13.2 Å². The number of carbonyl (C=O) groups is 1. The molecule has 2 aromatic carbocycles. The Balaban J connectivity index is 1.29. The summed E-state index contributed by atoms with van der Waals surface area (Å²) in [5.74, 6) is 0.747. The van der Waals surface area contributed by atoms with E-state index >= 15 is 0 Å². The van der Waals surface area contributed by atoms with Crippen LogP contribution in [0.25, 0.3) is 0 Å².